The Labute approximate surface area is 147 Å². The van der Waals surface area contributed by atoms with Gasteiger partial charge in [-0.3, -0.25) is 9.59 Å². The zero-order valence-corrected chi connectivity index (χ0v) is 14.5. The van der Waals surface area contributed by atoms with E-state index in [1.165, 1.54) is 0 Å². The van der Waals surface area contributed by atoms with Crippen molar-refractivity contribution < 1.29 is 14.3 Å². The largest absolute Gasteiger partial charge is 0.368 e. The second kappa shape index (κ2) is 7.99. The molecule has 0 spiro atoms. The standard InChI is InChI=1S/C18H23ClN2O3/c19-15-4-1-3-14(13-15)6-7-17(22)20-8-10-21(11-9-20)18(23)16-5-2-12-24-16/h1,3-4,13,16H,2,5-12H2. The van der Waals surface area contributed by atoms with Gasteiger partial charge in [0.1, 0.15) is 6.10 Å². The van der Waals surface area contributed by atoms with Gasteiger partial charge in [0.05, 0.1) is 0 Å². The summed E-state index contributed by atoms with van der Waals surface area (Å²) in [7, 11) is 0. The van der Waals surface area contributed by atoms with Crippen molar-refractivity contribution in [1.29, 1.82) is 0 Å². The molecule has 2 aliphatic rings. The highest BCUT2D eigenvalue weighted by Crippen LogP contribution is 2.17. The Bertz CT molecular complexity index is 594. The lowest BCUT2D eigenvalue weighted by Crippen LogP contribution is -2.52. The maximum Gasteiger partial charge on any atom is 0.251 e. The van der Waals surface area contributed by atoms with Crippen LogP contribution in [0.2, 0.25) is 5.02 Å². The molecule has 2 fully saturated rings. The molecule has 1 aromatic rings. The first-order valence-corrected chi connectivity index (χ1v) is 8.94. The van der Waals surface area contributed by atoms with Crippen LogP contribution in [0.4, 0.5) is 0 Å². The first kappa shape index (κ1) is 17.2. The lowest BCUT2D eigenvalue weighted by atomic mass is 10.1. The molecule has 2 aliphatic heterocycles. The van der Waals surface area contributed by atoms with E-state index in [-0.39, 0.29) is 17.9 Å². The second-order valence-corrected chi connectivity index (χ2v) is 6.77. The molecule has 24 heavy (non-hydrogen) atoms. The van der Waals surface area contributed by atoms with Gasteiger partial charge in [-0.15, -0.1) is 0 Å². The summed E-state index contributed by atoms with van der Waals surface area (Å²) >= 11 is 5.97. The minimum absolute atomic E-state index is 0.0820. The molecule has 1 atom stereocenters. The highest BCUT2D eigenvalue weighted by atomic mass is 35.5. The molecule has 2 heterocycles. The van der Waals surface area contributed by atoms with Crippen molar-refractivity contribution in [3.8, 4) is 0 Å². The molecular formula is C18H23ClN2O3. The number of halogens is 1. The Morgan fingerprint density at radius 2 is 1.92 bits per heavy atom. The van der Waals surface area contributed by atoms with Crippen LogP contribution in [-0.2, 0) is 20.7 Å². The zero-order valence-electron chi connectivity index (χ0n) is 13.7. The Morgan fingerprint density at radius 1 is 1.17 bits per heavy atom. The summed E-state index contributed by atoms with van der Waals surface area (Å²) in [6.07, 6.45) is 2.67. The van der Waals surface area contributed by atoms with E-state index in [2.05, 4.69) is 0 Å². The second-order valence-electron chi connectivity index (χ2n) is 6.34. The molecule has 3 rings (SSSR count). The number of carbonyl (C=O) groups is 2. The fourth-order valence-corrected chi connectivity index (χ4v) is 3.47. The number of piperazine rings is 1. The Morgan fingerprint density at radius 3 is 2.58 bits per heavy atom. The average molecular weight is 351 g/mol. The Balaban J connectivity index is 1.44. The van der Waals surface area contributed by atoms with Crippen LogP contribution in [0.15, 0.2) is 24.3 Å². The number of nitrogens with zero attached hydrogens (tertiary/aromatic N) is 2. The molecule has 0 aromatic heterocycles. The molecule has 0 N–H and O–H groups in total. The molecule has 0 aliphatic carbocycles. The van der Waals surface area contributed by atoms with E-state index in [0.717, 1.165) is 18.4 Å². The predicted molar refractivity (Wildman–Crippen MR) is 91.9 cm³/mol. The van der Waals surface area contributed by atoms with E-state index in [1.807, 2.05) is 34.1 Å². The molecule has 130 valence electrons. The number of carbonyl (C=O) groups excluding carboxylic acids is 2. The van der Waals surface area contributed by atoms with Crippen molar-refractivity contribution >= 4 is 23.4 Å². The molecule has 5 nitrogen and oxygen atoms in total. The first-order chi connectivity index (χ1) is 11.6. The minimum Gasteiger partial charge on any atom is -0.368 e. The zero-order chi connectivity index (χ0) is 16.9. The normalized spacial score (nSPS) is 21.1. The van der Waals surface area contributed by atoms with Crippen LogP contribution < -0.4 is 0 Å². The van der Waals surface area contributed by atoms with Gasteiger partial charge in [0.2, 0.25) is 5.91 Å². The van der Waals surface area contributed by atoms with Crippen molar-refractivity contribution in [3.63, 3.8) is 0 Å². The number of hydrogen-bond donors (Lipinski definition) is 0. The van der Waals surface area contributed by atoms with E-state index in [4.69, 9.17) is 16.3 Å². The van der Waals surface area contributed by atoms with Gasteiger partial charge in [-0.05, 0) is 37.0 Å². The van der Waals surface area contributed by atoms with Gasteiger partial charge in [-0.1, -0.05) is 23.7 Å². The van der Waals surface area contributed by atoms with Crippen LogP contribution in [0.25, 0.3) is 0 Å². The first-order valence-electron chi connectivity index (χ1n) is 8.56. The SMILES string of the molecule is O=C(CCc1cccc(Cl)c1)N1CCN(C(=O)C2CCCO2)CC1. The summed E-state index contributed by atoms with van der Waals surface area (Å²) in [6, 6.07) is 7.61. The molecular weight excluding hydrogens is 328 g/mol. The van der Waals surface area contributed by atoms with Crippen LogP contribution in [0.1, 0.15) is 24.8 Å². The predicted octanol–water partition coefficient (Wildman–Crippen LogP) is 2.12. The molecule has 1 aromatic carbocycles. The summed E-state index contributed by atoms with van der Waals surface area (Å²) in [5.74, 6) is 0.220. The topological polar surface area (TPSA) is 49.9 Å². The van der Waals surface area contributed by atoms with Crippen molar-refractivity contribution in [1.82, 2.24) is 9.80 Å². The highest BCUT2D eigenvalue weighted by molar-refractivity contribution is 6.30. The highest BCUT2D eigenvalue weighted by Gasteiger charge is 2.31. The van der Waals surface area contributed by atoms with Crippen molar-refractivity contribution in [2.45, 2.75) is 31.8 Å². The van der Waals surface area contributed by atoms with Crippen LogP contribution in [0.3, 0.4) is 0 Å². The van der Waals surface area contributed by atoms with E-state index in [9.17, 15) is 9.59 Å². The summed E-state index contributed by atoms with van der Waals surface area (Å²) in [6.45, 7) is 3.08. The minimum atomic E-state index is -0.268. The number of aryl methyl sites for hydroxylation is 1. The molecule has 0 saturated carbocycles. The maximum atomic E-state index is 12.4. The van der Waals surface area contributed by atoms with Crippen LogP contribution in [0, 0.1) is 0 Å². The number of hydrogen-bond acceptors (Lipinski definition) is 3. The molecule has 1 unspecified atom stereocenters. The molecule has 0 radical (unpaired) electrons. The summed E-state index contributed by atoms with van der Waals surface area (Å²) in [5.41, 5.74) is 1.07. The molecule has 0 bridgehead atoms. The van der Waals surface area contributed by atoms with E-state index in [1.54, 1.807) is 0 Å². The lowest BCUT2D eigenvalue weighted by Gasteiger charge is -2.35. The third-order valence-corrected chi connectivity index (χ3v) is 4.90. The van der Waals surface area contributed by atoms with Gasteiger partial charge < -0.3 is 14.5 Å². The molecule has 6 heteroatoms. The van der Waals surface area contributed by atoms with Crippen LogP contribution in [0.5, 0.6) is 0 Å². The lowest BCUT2D eigenvalue weighted by molar-refractivity contribution is -0.146. The number of amides is 2. The van der Waals surface area contributed by atoms with Gasteiger partial charge in [0.15, 0.2) is 0 Å². The third kappa shape index (κ3) is 4.28. The Hall–Kier alpha value is -1.59. The van der Waals surface area contributed by atoms with E-state index >= 15 is 0 Å². The summed E-state index contributed by atoms with van der Waals surface area (Å²) in [4.78, 5) is 28.3. The molecule has 2 amide bonds. The van der Waals surface area contributed by atoms with Gasteiger partial charge in [-0.2, -0.15) is 0 Å². The fraction of sp³-hybridized carbons (Fsp3) is 0.556. The number of ether oxygens (including phenoxy) is 1. The third-order valence-electron chi connectivity index (χ3n) is 4.67. The summed E-state index contributed by atoms with van der Waals surface area (Å²) in [5, 5.41) is 0.696. The fourth-order valence-electron chi connectivity index (χ4n) is 3.25. The average Bonchev–Trinajstić information content (AvgIpc) is 3.14. The monoisotopic (exact) mass is 350 g/mol. The molecule has 2 saturated heterocycles. The van der Waals surface area contributed by atoms with Gasteiger partial charge in [-0.25, -0.2) is 0 Å². The number of benzene rings is 1. The van der Waals surface area contributed by atoms with Crippen molar-refractivity contribution in [2.24, 2.45) is 0 Å². The van der Waals surface area contributed by atoms with Crippen molar-refractivity contribution in [3.05, 3.63) is 34.9 Å². The van der Waals surface area contributed by atoms with Gasteiger partial charge in [0, 0.05) is 44.2 Å². The smallest absolute Gasteiger partial charge is 0.251 e. The number of rotatable bonds is 4. The van der Waals surface area contributed by atoms with E-state index < -0.39 is 0 Å². The van der Waals surface area contributed by atoms with Crippen LogP contribution in [-0.4, -0.2) is 60.5 Å². The van der Waals surface area contributed by atoms with Gasteiger partial charge in [0.25, 0.3) is 5.91 Å². The van der Waals surface area contributed by atoms with Gasteiger partial charge >= 0.3 is 0 Å². The maximum absolute atomic E-state index is 12.4. The quantitative estimate of drug-likeness (QED) is 0.835. The Kier molecular flexibility index (Phi) is 5.74. The van der Waals surface area contributed by atoms with Crippen molar-refractivity contribution in [2.75, 3.05) is 32.8 Å². The van der Waals surface area contributed by atoms with E-state index in [0.29, 0.717) is 50.7 Å². The van der Waals surface area contributed by atoms with Crippen LogP contribution >= 0.6 is 11.6 Å². The summed E-state index contributed by atoms with van der Waals surface area (Å²) < 4.78 is 5.46.